The highest BCUT2D eigenvalue weighted by Crippen LogP contribution is 2.35. The van der Waals surface area contributed by atoms with Gasteiger partial charge in [0.05, 0.1) is 5.75 Å². The van der Waals surface area contributed by atoms with Crippen molar-refractivity contribution in [2.45, 2.75) is 64.0 Å². The second kappa shape index (κ2) is 6.26. The van der Waals surface area contributed by atoms with Gasteiger partial charge in [-0.15, -0.1) is 0 Å². The van der Waals surface area contributed by atoms with Gasteiger partial charge in [-0.05, 0) is 43.9 Å². The van der Waals surface area contributed by atoms with Crippen molar-refractivity contribution in [1.82, 2.24) is 0 Å². The van der Waals surface area contributed by atoms with E-state index in [1.54, 1.807) is 0 Å². The fourth-order valence-corrected chi connectivity index (χ4v) is 4.52. The van der Waals surface area contributed by atoms with Gasteiger partial charge in [-0.25, -0.2) is 0 Å². The van der Waals surface area contributed by atoms with Gasteiger partial charge in [-0.2, -0.15) is 11.8 Å². The van der Waals surface area contributed by atoms with Crippen LogP contribution in [0.1, 0.15) is 58.8 Å². The first-order chi connectivity index (χ1) is 8.16. The van der Waals surface area contributed by atoms with Crippen LogP contribution in [0.25, 0.3) is 0 Å². The Morgan fingerprint density at radius 3 is 2.41 bits per heavy atom. The largest absolute Gasteiger partial charge is 0.298 e. The summed E-state index contributed by atoms with van der Waals surface area (Å²) in [6.07, 6.45) is 8.99. The van der Waals surface area contributed by atoms with Crippen LogP contribution in [0.15, 0.2) is 0 Å². The quantitative estimate of drug-likeness (QED) is 0.744. The lowest BCUT2D eigenvalue weighted by atomic mass is 9.74. The topological polar surface area (TPSA) is 17.1 Å². The van der Waals surface area contributed by atoms with E-state index in [2.05, 4.69) is 13.8 Å². The van der Waals surface area contributed by atoms with E-state index in [9.17, 15) is 4.79 Å². The molecule has 2 fully saturated rings. The van der Waals surface area contributed by atoms with Gasteiger partial charge in [0.25, 0.3) is 0 Å². The van der Waals surface area contributed by atoms with Gasteiger partial charge in [0.15, 0.2) is 0 Å². The van der Waals surface area contributed by atoms with E-state index in [4.69, 9.17) is 0 Å². The second-order valence-corrected chi connectivity index (χ2v) is 7.44. The van der Waals surface area contributed by atoms with E-state index in [0.717, 1.165) is 35.7 Å². The number of Topliss-reactive ketones (excluding diaryl/α,β-unsaturated/α-hetero) is 1. The standard InChI is InChI=1S/C15H26OS/c1-11-7-8-13(9-12(11)2)15(16)10-17-14-5-3-4-6-14/h11-14H,3-10H2,1-2H3. The summed E-state index contributed by atoms with van der Waals surface area (Å²) in [5.74, 6) is 3.28. The van der Waals surface area contributed by atoms with Crippen molar-refractivity contribution in [2.75, 3.05) is 5.75 Å². The molecule has 1 nitrogen and oxygen atoms in total. The van der Waals surface area contributed by atoms with E-state index in [1.807, 2.05) is 11.8 Å². The number of hydrogen-bond acceptors (Lipinski definition) is 2. The van der Waals surface area contributed by atoms with Crippen molar-refractivity contribution in [2.24, 2.45) is 17.8 Å². The van der Waals surface area contributed by atoms with Crippen LogP contribution in [0.5, 0.6) is 0 Å². The van der Waals surface area contributed by atoms with Gasteiger partial charge < -0.3 is 0 Å². The van der Waals surface area contributed by atoms with Gasteiger partial charge in [0.1, 0.15) is 5.78 Å². The molecular formula is C15H26OS. The Labute approximate surface area is 110 Å². The van der Waals surface area contributed by atoms with Gasteiger partial charge in [0.2, 0.25) is 0 Å². The number of hydrogen-bond donors (Lipinski definition) is 0. The highest BCUT2D eigenvalue weighted by Gasteiger charge is 2.29. The molecule has 0 saturated heterocycles. The Morgan fingerprint density at radius 2 is 1.76 bits per heavy atom. The Bertz CT molecular complexity index is 258. The van der Waals surface area contributed by atoms with Crippen molar-refractivity contribution in [3.05, 3.63) is 0 Å². The van der Waals surface area contributed by atoms with Gasteiger partial charge >= 0.3 is 0 Å². The van der Waals surface area contributed by atoms with Gasteiger partial charge in [0, 0.05) is 11.2 Å². The molecule has 2 heteroatoms. The summed E-state index contributed by atoms with van der Waals surface area (Å²) in [5.41, 5.74) is 0. The first-order valence-corrected chi connectivity index (χ1v) is 8.36. The molecule has 0 N–H and O–H groups in total. The molecule has 17 heavy (non-hydrogen) atoms. The Hall–Kier alpha value is 0.0200. The Morgan fingerprint density at radius 1 is 1.06 bits per heavy atom. The second-order valence-electron chi connectivity index (χ2n) is 6.15. The Kier molecular flexibility index (Phi) is 4.96. The van der Waals surface area contributed by atoms with Crippen LogP contribution in [0.4, 0.5) is 0 Å². The molecule has 0 spiro atoms. The number of rotatable bonds is 4. The van der Waals surface area contributed by atoms with Crippen LogP contribution >= 0.6 is 11.8 Å². The molecule has 2 aliphatic carbocycles. The molecule has 0 aromatic rings. The van der Waals surface area contributed by atoms with Crippen LogP contribution < -0.4 is 0 Å². The molecular weight excluding hydrogens is 228 g/mol. The smallest absolute Gasteiger partial charge is 0.145 e. The van der Waals surface area contributed by atoms with E-state index in [0.29, 0.717) is 11.7 Å². The average molecular weight is 254 g/mol. The van der Waals surface area contributed by atoms with E-state index in [-0.39, 0.29) is 0 Å². The average Bonchev–Trinajstić information content (AvgIpc) is 2.82. The van der Waals surface area contributed by atoms with E-state index < -0.39 is 0 Å². The molecule has 0 aromatic heterocycles. The van der Waals surface area contributed by atoms with Crippen molar-refractivity contribution in [3.63, 3.8) is 0 Å². The summed E-state index contributed by atoms with van der Waals surface area (Å²) in [6.45, 7) is 4.65. The third kappa shape index (κ3) is 3.74. The zero-order valence-electron chi connectivity index (χ0n) is 11.3. The highest BCUT2D eigenvalue weighted by molar-refractivity contribution is 8.00. The van der Waals surface area contributed by atoms with E-state index >= 15 is 0 Å². The molecule has 3 unspecified atom stereocenters. The predicted molar refractivity (Wildman–Crippen MR) is 75.4 cm³/mol. The Balaban J connectivity index is 1.72. The molecule has 0 radical (unpaired) electrons. The van der Waals surface area contributed by atoms with Crippen molar-refractivity contribution < 1.29 is 4.79 Å². The predicted octanol–water partition coefficient (Wildman–Crippen LogP) is 4.30. The fraction of sp³-hybridized carbons (Fsp3) is 0.933. The van der Waals surface area contributed by atoms with Gasteiger partial charge in [-0.3, -0.25) is 4.79 Å². The fourth-order valence-electron chi connectivity index (χ4n) is 3.21. The molecule has 98 valence electrons. The number of carbonyl (C=O) groups is 1. The summed E-state index contributed by atoms with van der Waals surface area (Å²) in [6, 6.07) is 0. The summed E-state index contributed by atoms with van der Waals surface area (Å²) < 4.78 is 0. The zero-order chi connectivity index (χ0) is 12.3. The maximum absolute atomic E-state index is 12.2. The SMILES string of the molecule is CC1CCC(C(=O)CSC2CCCC2)CC1C. The van der Waals surface area contributed by atoms with Crippen molar-refractivity contribution in [1.29, 1.82) is 0 Å². The van der Waals surface area contributed by atoms with Crippen molar-refractivity contribution >= 4 is 17.5 Å². The number of carbonyl (C=O) groups excluding carboxylic acids is 1. The molecule has 0 amide bonds. The minimum absolute atomic E-state index is 0.384. The summed E-state index contributed by atoms with van der Waals surface area (Å²) >= 11 is 1.94. The van der Waals surface area contributed by atoms with Crippen LogP contribution in [0.3, 0.4) is 0 Å². The first kappa shape index (κ1) is 13.5. The van der Waals surface area contributed by atoms with Crippen molar-refractivity contribution in [3.8, 4) is 0 Å². The number of thioether (sulfide) groups is 1. The van der Waals surface area contributed by atoms with Crippen LogP contribution in [-0.4, -0.2) is 16.8 Å². The minimum Gasteiger partial charge on any atom is -0.298 e. The summed E-state index contributed by atoms with van der Waals surface area (Å²) in [4.78, 5) is 12.2. The molecule has 2 rings (SSSR count). The lowest BCUT2D eigenvalue weighted by Gasteiger charge is -2.31. The first-order valence-electron chi connectivity index (χ1n) is 7.31. The molecule has 0 heterocycles. The van der Waals surface area contributed by atoms with Crippen LogP contribution in [0.2, 0.25) is 0 Å². The number of ketones is 1. The lowest BCUT2D eigenvalue weighted by Crippen LogP contribution is -2.27. The minimum atomic E-state index is 0.384. The van der Waals surface area contributed by atoms with Crippen LogP contribution in [0, 0.1) is 17.8 Å². The van der Waals surface area contributed by atoms with E-state index in [1.165, 1.54) is 32.1 Å². The maximum atomic E-state index is 12.2. The molecule has 2 aliphatic rings. The molecule has 0 bridgehead atoms. The maximum Gasteiger partial charge on any atom is 0.145 e. The molecule has 2 saturated carbocycles. The normalized spacial score (nSPS) is 35.1. The van der Waals surface area contributed by atoms with Crippen LogP contribution in [-0.2, 0) is 4.79 Å². The zero-order valence-corrected chi connectivity index (χ0v) is 12.1. The third-order valence-electron chi connectivity index (χ3n) is 4.82. The lowest BCUT2D eigenvalue weighted by molar-refractivity contribution is -0.122. The highest BCUT2D eigenvalue weighted by atomic mass is 32.2. The van der Waals surface area contributed by atoms with Gasteiger partial charge in [-0.1, -0.05) is 26.7 Å². The molecule has 0 aromatic carbocycles. The summed E-state index contributed by atoms with van der Waals surface area (Å²) in [5, 5.41) is 0.791. The molecule has 3 atom stereocenters. The molecule has 0 aliphatic heterocycles. The third-order valence-corrected chi connectivity index (χ3v) is 6.21. The monoisotopic (exact) mass is 254 g/mol. The summed E-state index contributed by atoms with van der Waals surface area (Å²) in [7, 11) is 0.